The second-order valence-electron chi connectivity index (χ2n) is 5.38. The van der Waals surface area contributed by atoms with Gasteiger partial charge in [-0.3, -0.25) is 14.9 Å². The number of nitro benzene ring substituents is 1. The first-order valence-electron chi connectivity index (χ1n) is 7.53. The number of aromatic nitrogens is 1. The van der Waals surface area contributed by atoms with Gasteiger partial charge in [-0.1, -0.05) is 12.1 Å². The van der Waals surface area contributed by atoms with Gasteiger partial charge in [0.2, 0.25) is 5.91 Å². The predicted molar refractivity (Wildman–Crippen MR) is 93.2 cm³/mol. The minimum Gasteiger partial charge on any atom is -0.462 e. The summed E-state index contributed by atoms with van der Waals surface area (Å²) in [4.78, 5) is 27.6. The van der Waals surface area contributed by atoms with E-state index in [0.29, 0.717) is 12.3 Å². The number of nitrogens with zero attached hydrogens (tertiary/aromatic N) is 2. The third-order valence-corrected chi connectivity index (χ3v) is 4.75. The monoisotopic (exact) mass is 357 g/mol. The Kier molecular flexibility index (Phi) is 4.90. The molecule has 0 atom stereocenters. The fourth-order valence-corrected chi connectivity index (χ4v) is 3.23. The van der Waals surface area contributed by atoms with Crippen molar-refractivity contribution in [1.29, 1.82) is 0 Å². The molecule has 0 bridgehead atoms. The standard InChI is InChI=1S/C17H15N3O4S/c1-11-15(25-17(19-11)14-3-2-8-24-14)10-18-16(21)9-12-4-6-13(7-5-12)20(22)23/h2-8H,9-10H2,1H3,(H,18,21). The fraction of sp³-hybridized carbons (Fsp3) is 0.176. The van der Waals surface area contributed by atoms with Gasteiger partial charge in [0.25, 0.3) is 5.69 Å². The smallest absolute Gasteiger partial charge is 0.269 e. The first-order valence-corrected chi connectivity index (χ1v) is 8.35. The van der Waals surface area contributed by atoms with Crippen molar-refractivity contribution in [2.75, 3.05) is 0 Å². The molecule has 0 saturated heterocycles. The highest BCUT2D eigenvalue weighted by Gasteiger charge is 2.13. The number of rotatable bonds is 6. The predicted octanol–water partition coefficient (Wildman–Crippen LogP) is 3.48. The Labute approximate surface area is 147 Å². The molecule has 1 amide bonds. The van der Waals surface area contributed by atoms with Gasteiger partial charge in [-0.25, -0.2) is 4.98 Å². The Balaban J connectivity index is 1.58. The van der Waals surface area contributed by atoms with Gasteiger partial charge in [-0.05, 0) is 24.6 Å². The van der Waals surface area contributed by atoms with Gasteiger partial charge in [0.1, 0.15) is 0 Å². The zero-order chi connectivity index (χ0) is 17.8. The third kappa shape index (κ3) is 4.10. The molecule has 2 aromatic heterocycles. The van der Waals surface area contributed by atoms with Crippen LogP contribution in [0.2, 0.25) is 0 Å². The van der Waals surface area contributed by atoms with E-state index >= 15 is 0 Å². The summed E-state index contributed by atoms with van der Waals surface area (Å²) in [5.74, 6) is 0.553. The minimum absolute atomic E-state index is 0.00917. The van der Waals surface area contributed by atoms with E-state index in [1.165, 1.54) is 23.5 Å². The van der Waals surface area contributed by atoms with E-state index in [-0.39, 0.29) is 18.0 Å². The average molecular weight is 357 g/mol. The SMILES string of the molecule is Cc1nc(-c2ccco2)sc1CNC(=O)Cc1ccc([N+](=O)[O-])cc1. The van der Waals surface area contributed by atoms with Crippen LogP contribution in [0.25, 0.3) is 10.8 Å². The number of amides is 1. The highest BCUT2D eigenvalue weighted by Crippen LogP contribution is 2.28. The summed E-state index contributed by atoms with van der Waals surface area (Å²) in [5.41, 5.74) is 1.59. The number of benzene rings is 1. The van der Waals surface area contributed by atoms with Gasteiger partial charge in [0.15, 0.2) is 10.8 Å². The fourth-order valence-electron chi connectivity index (χ4n) is 2.26. The molecule has 0 fully saturated rings. The lowest BCUT2D eigenvalue weighted by Crippen LogP contribution is -2.24. The summed E-state index contributed by atoms with van der Waals surface area (Å²) < 4.78 is 5.33. The molecule has 0 aliphatic heterocycles. The Hall–Kier alpha value is -3.00. The van der Waals surface area contributed by atoms with Crippen LogP contribution in [0.4, 0.5) is 5.69 Å². The van der Waals surface area contributed by atoms with Crippen LogP contribution >= 0.6 is 11.3 Å². The molecular formula is C17H15N3O4S. The largest absolute Gasteiger partial charge is 0.462 e. The first-order chi connectivity index (χ1) is 12.0. The lowest BCUT2D eigenvalue weighted by molar-refractivity contribution is -0.384. The zero-order valence-electron chi connectivity index (χ0n) is 13.4. The van der Waals surface area contributed by atoms with Crippen LogP contribution in [0.5, 0.6) is 0 Å². The van der Waals surface area contributed by atoms with Gasteiger partial charge in [-0.15, -0.1) is 11.3 Å². The number of aryl methyl sites for hydroxylation is 1. The molecule has 0 aliphatic carbocycles. The molecule has 128 valence electrons. The van der Waals surface area contributed by atoms with Crippen molar-refractivity contribution in [3.05, 3.63) is 68.9 Å². The van der Waals surface area contributed by atoms with Crippen molar-refractivity contribution < 1.29 is 14.1 Å². The van der Waals surface area contributed by atoms with Crippen LogP contribution in [0.3, 0.4) is 0 Å². The maximum absolute atomic E-state index is 12.1. The molecule has 2 heterocycles. The summed E-state index contributed by atoms with van der Waals surface area (Å²) in [6.07, 6.45) is 1.76. The molecule has 8 heteroatoms. The molecule has 1 aromatic carbocycles. The number of nitrogens with one attached hydrogen (secondary N) is 1. The average Bonchev–Trinajstić information content (AvgIpc) is 3.23. The first kappa shape index (κ1) is 16.8. The molecule has 0 saturated carbocycles. The van der Waals surface area contributed by atoms with E-state index in [1.807, 2.05) is 13.0 Å². The van der Waals surface area contributed by atoms with E-state index in [2.05, 4.69) is 10.3 Å². The summed E-state index contributed by atoms with van der Waals surface area (Å²) in [6, 6.07) is 9.61. The van der Waals surface area contributed by atoms with E-state index < -0.39 is 4.92 Å². The summed E-state index contributed by atoms with van der Waals surface area (Å²) >= 11 is 1.48. The molecule has 0 unspecified atom stereocenters. The van der Waals surface area contributed by atoms with Crippen molar-refractivity contribution >= 4 is 22.9 Å². The molecule has 3 rings (SSSR count). The second kappa shape index (κ2) is 7.27. The molecule has 3 aromatic rings. The summed E-state index contributed by atoms with van der Waals surface area (Å²) in [7, 11) is 0. The van der Waals surface area contributed by atoms with Crippen LogP contribution in [-0.4, -0.2) is 15.8 Å². The van der Waals surface area contributed by atoms with Crippen molar-refractivity contribution in [3.8, 4) is 10.8 Å². The molecule has 25 heavy (non-hydrogen) atoms. The van der Waals surface area contributed by atoms with Gasteiger partial charge in [0.05, 0.1) is 29.8 Å². The lowest BCUT2D eigenvalue weighted by atomic mass is 10.1. The number of non-ortho nitro benzene ring substituents is 1. The van der Waals surface area contributed by atoms with Crippen molar-refractivity contribution in [1.82, 2.24) is 10.3 Å². The Bertz CT molecular complexity index is 885. The number of hydrogen-bond acceptors (Lipinski definition) is 6. The molecule has 0 aliphatic rings. The maximum atomic E-state index is 12.1. The number of nitro groups is 1. The van der Waals surface area contributed by atoms with Crippen LogP contribution in [0, 0.1) is 17.0 Å². The molecule has 0 radical (unpaired) electrons. The van der Waals surface area contributed by atoms with Gasteiger partial charge >= 0.3 is 0 Å². The van der Waals surface area contributed by atoms with Gasteiger partial charge in [0, 0.05) is 17.0 Å². The second-order valence-corrected chi connectivity index (χ2v) is 6.47. The van der Waals surface area contributed by atoms with Crippen molar-refractivity contribution in [2.45, 2.75) is 19.9 Å². The highest BCUT2D eigenvalue weighted by molar-refractivity contribution is 7.15. The van der Waals surface area contributed by atoms with E-state index in [4.69, 9.17) is 4.42 Å². The van der Waals surface area contributed by atoms with Crippen LogP contribution < -0.4 is 5.32 Å². The zero-order valence-corrected chi connectivity index (χ0v) is 14.2. The lowest BCUT2D eigenvalue weighted by Gasteiger charge is -2.04. The van der Waals surface area contributed by atoms with Gasteiger partial charge < -0.3 is 9.73 Å². The van der Waals surface area contributed by atoms with Crippen LogP contribution in [-0.2, 0) is 17.8 Å². The van der Waals surface area contributed by atoms with Crippen LogP contribution in [0.15, 0.2) is 47.1 Å². The van der Waals surface area contributed by atoms with Crippen molar-refractivity contribution in [2.24, 2.45) is 0 Å². The third-order valence-electron chi connectivity index (χ3n) is 3.58. The number of hydrogen-bond donors (Lipinski definition) is 1. The van der Waals surface area contributed by atoms with Crippen molar-refractivity contribution in [3.63, 3.8) is 0 Å². The number of furan rings is 1. The Morgan fingerprint density at radius 2 is 2.08 bits per heavy atom. The van der Waals surface area contributed by atoms with Gasteiger partial charge in [-0.2, -0.15) is 0 Å². The molecule has 0 spiro atoms. The van der Waals surface area contributed by atoms with Crippen LogP contribution in [0.1, 0.15) is 16.1 Å². The normalized spacial score (nSPS) is 10.6. The summed E-state index contributed by atoms with van der Waals surface area (Å²) in [5, 5.41) is 14.3. The topological polar surface area (TPSA) is 98.3 Å². The van der Waals surface area contributed by atoms with E-state index in [1.54, 1.807) is 24.5 Å². The molecule has 1 N–H and O–H groups in total. The maximum Gasteiger partial charge on any atom is 0.269 e. The number of carbonyl (C=O) groups is 1. The Morgan fingerprint density at radius 3 is 2.72 bits per heavy atom. The van der Waals surface area contributed by atoms with E-state index in [9.17, 15) is 14.9 Å². The molecular weight excluding hydrogens is 342 g/mol. The molecule has 7 nitrogen and oxygen atoms in total. The summed E-state index contributed by atoms with van der Waals surface area (Å²) in [6.45, 7) is 2.27. The number of thiazole rings is 1. The number of carbonyl (C=O) groups excluding carboxylic acids is 1. The quantitative estimate of drug-likeness (QED) is 0.538. The minimum atomic E-state index is -0.465. The Morgan fingerprint density at radius 1 is 1.32 bits per heavy atom. The highest BCUT2D eigenvalue weighted by atomic mass is 32.1. The van der Waals surface area contributed by atoms with E-state index in [0.717, 1.165) is 21.1 Å².